The maximum Gasteiger partial charge on any atom is 0.242 e. The van der Waals surface area contributed by atoms with Gasteiger partial charge in [0.25, 0.3) is 0 Å². The Morgan fingerprint density at radius 2 is 2.08 bits per heavy atom. The van der Waals surface area contributed by atoms with Crippen molar-refractivity contribution in [2.75, 3.05) is 32.1 Å². The van der Waals surface area contributed by atoms with E-state index in [1.54, 1.807) is 18.0 Å². The molecule has 0 aliphatic carbocycles. The highest BCUT2D eigenvalue weighted by atomic mass is 16.5. The Morgan fingerprint density at radius 3 is 2.67 bits per heavy atom. The summed E-state index contributed by atoms with van der Waals surface area (Å²) in [6.45, 7) is 11.1. The zero-order chi connectivity index (χ0) is 17.7. The number of aromatic nitrogens is 2. The predicted molar refractivity (Wildman–Crippen MR) is 92.9 cm³/mol. The number of ether oxygens (including phenoxy) is 2. The molecule has 0 spiro atoms. The Labute approximate surface area is 144 Å². The van der Waals surface area contributed by atoms with Gasteiger partial charge in [-0.05, 0) is 19.8 Å². The number of carbonyl (C=O) groups is 1. The summed E-state index contributed by atoms with van der Waals surface area (Å²) in [7, 11) is 1.66. The van der Waals surface area contributed by atoms with E-state index in [1.165, 1.54) is 0 Å². The van der Waals surface area contributed by atoms with Gasteiger partial charge in [-0.1, -0.05) is 13.8 Å². The number of hydrogen-bond donors (Lipinski definition) is 1. The molecule has 24 heavy (non-hydrogen) atoms. The topological polar surface area (TPSA) is 68.6 Å². The number of rotatable bonds is 7. The van der Waals surface area contributed by atoms with Crippen molar-refractivity contribution >= 4 is 11.6 Å². The lowest BCUT2D eigenvalue weighted by Gasteiger charge is -2.40. The molecule has 2 heterocycles. The van der Waals surface area contributed by atoms with E-state index in [0.717, 1.165) is 18.8 Å². The molecule has 1 aliphatic heterocycles. The fraction of sp³-hybridized carbons (Fsp3) is 0.765. The monoisotopic (exact) mass is 338 g/mol. The van der Waals surface area contributed by atoms with E-state index < -0.39 is 0 Å². The van der Waals surface area contributed by atoms with E-state index in [0.29, 0.717) is 13.2 Å². The third-order valence-corrected chi connectivity index (χ3v) is 4.17. The maximum absolute atomic E-state index is 12.8. The summed E-state index contributed by atoms with van der Waals surface area (Å²) in [5.41, 5.74) is 0.719. The molecule has 0 aromatic carbocycles. The van der Waals surface area contributed by atoms with Gasteiger partial charge in [0.1, 0.15) is 0 Å². The Bertz CT molecular complexity index is 522. The normalized spacial score (nSPS) is 23.4. The van der Waals surface area contributed by atoms with Crippen LogP contribution in [0.25, 0.3) is 0 Å². The highest BCUT2D eigenvalue weighted by molar-refractivity contribution is 5.94. The lowest BCUT2D eigenvalue weighted by Crippen LogP contribution is -2.55. The number of anilines is 1. The van der Waals surface area contributed by atoms with Crippen molar-refractivity contribution in [3.8, 4) is 0 Å². The number of hydrogen-bond acceptors (Lipinski definition) is 5. The van der Waals surface area contributed by atoms with Gasteiger partial charge in [0.15, 0.2) is 0 Å². The number of amides is 1. The van der Waals surface area contributed by atoms with Gasteiger partial charge < -0.3 is 14.8 Å². The molecule has 1 saturated heterocycles. The quantitative estimate of drug-likeness (QED) is 0.818. The molecule has 0 saturated carbocycles. The van der Waals surface area contributed by atoms with Gasteiger partial charge in [0.2, 0.25) is 5.91 Å². The van der Waals surface area contributed by atoms with Gasteiger partial charge in [0.05, 0.1) is 43.3 Å². The first-order valence-electron chi connectivity index (χ1n) is 8.62. The summed E-state index contributed by atoms with van der Waals surface area (Å²) >= 11 is 0. The smallest absolute Gasteiger partial charge is 0.242 e. The zero-order valence-corrected chi connectivity index (χ0v) is 15.4. The van der Waals surface area contributed by atoms with Gasteiger partial charge in [-0.2, -0.15) is 5.10 Å². The van der Waals surface area contributed by atoms with Crippen molar-refractivity contribution < 1.29 is 14.3 Å². The van der Waals surface area contributed by atoms with Gasteiger partial charge in [0, 0.05) is 26.4 Å². The summed E-state index contributed by atoms with van der Waals surface area (Å²) in [4.78, 5) is 15.1. The number of nitrogens with zero attached hydrogens (tertiary/aromatic N) is 3. The van der Waals surface area contributed by atoms with Crippen LogP contribution in [0.4, 0.5) is 5.69 Å². The van der Waals surface area contributed by atoms with Crippen LogP contribution in [0.5, 0.6) is 0 Å². The molecule has 7 heteroatoms. The van der Waals surface area contributed by atoms with E-state index >= 15 is 0 Å². The van der Waals surface area contributed by atoms with E-state index in [1.807, 2.05) is 6.20 Å². The molecule has 1 aromatic heterocycles. The van der Waals surface area contributed by atoms with Crippen molar-refractivity contribution in [2.24, 2.45) is 5.92 Å². The molecule has 3 atom stereocenters. The standard InChI is InChI=1S/C17H30N4O3/c1-12(2)16(20-9-13(3)24-14(4)10-20)17(22)19-15-8-18-21(11-15)6-7-23-5/h8,11-14,16H,6-7,9-10H2,1-5H3,(H,19,22). The second-order valence-corrected chi connectivity index (χ2v) is 6.87. The average molecular weight is 338 g/mol. The van der Waals surface area contributed by atoms with Crippen LogP contribution in [0.15, 0.2) is 12.4 Å². The van der Waals surface area contributed by atoms with E-state index in [2.05, 4.69) is 43.0 Å². The van der Waals surface area contributed by atoms with Crippen LogP contribution in [0.3, 0.4) is 0 Å². The molecule has 1 fully saturated rings. The van der Waals surface area contributed by atoms with Gasteiger partial charge in [-0.15, -0.1) is 0 Å². The number of morpholine rings is 1. The van der Waals surface area contributed by atoms with E-state index in [4.69, 9.17) is 9.47 Å². The van der Waals surface area contributed by atoms with Gasteiger partial charge in [-0.3, -0.25) is 14.4 Å². The lowest BCUT2D eigenvalue weighted by atomic mass is 9.99. The molecule has 0 radical (unpaired) electrons. The van der Waals surface area contributed by atoms with Crippen LogP contribution in [0.1, 0.15) is 27.7 Å². The fourth-order valence-corrected chi connectivity index (χ4v) is 3.29. The number of carbonyl (C=O) groups excluding carboxylic acids is 1. The van der Waals surface area contributed by atoms with Crippen molar-refractivity contribution in [1.29, 1.82) is 0 Å². The van der Waals surface area contributed by atoms with Crippen LogP contribution in [-0.2, 0) is 20.8 Å². The summed E-state index contributed by atoms with van der Waals surface area (Å²) in [6.07, 6.45) is 3.79. The van der Waals surface area contributed by atoms with Crippen LogP contribution in [-0.4, -0.2) is 65.6 Å². The number of nitrogens with one attached hydrogen (secondary N) is 1. The van der Waals surface area contributed by atoms with Gasteiger partial charge in [-0.25, -0.2) is 0 Å². The Balaban J connectivity index is 2.02. The van der Waals surface area contributed by atoms with Crippen molar-refractivity contribution in [3.63, 3.8) is 0 Å². The van der Waals surface area contributed by atoms with E-state index in [9.17, 15) is 4.79 Å². The summed E-state index contributed by atoms with van der Waals surface area (Å²) in [5, 5.41) is 7.24. The SMILES string of the molecule is COCCn1cc(NC(=O)C(C(C)C)N2CC(C)OC(C)C2)cn1. The van der Waals surface area contributed by atoms with Crippen molar-refractivity contribution in [1.82, 2.24) is 14.7 Å². The molecule has 1 aromatic rings. The minimum absolute atomic E-state index is 0.0117. The molecule has 2 rings (SSSR count). The molecule has 1 N–H and O–H groups in total. The Kier molecular flexibility index (Phi) is 6.77. The molecule has 1 aliphatic rings. The molecule has 136 valence electrons. The van der Waals surface area contributed by atoms with Crippen LogP contribution >= 0.6 is 0 Å². The first kappa shape index (κ1) is 18.9. The summed E-state index contributed by atoms with van der Waals surface area (Å²) in [6, 6.07) is -0.180. The Morgan fingerprint density at radius 1 is 1.42 bits per heavy atom. The summed E-state index contributed by atoms with van der Waals surface area (Å²) < 4.78 is 12.6. The zero-order valence-electron chi connectivity index (χ0n) is 15.4. The highest BCUT2D eigenvalue weighted by Crippen LogP contribution is 2.20. The second kappa shape index (κ2) is 8.60. The minimum Gasteiger partial charge on any atom is -0.383 e. The molecule has 7 nitrogen and oxygen atoms in total. The predicted octanol–water partition coefficient (Wildman–Crippen LogP) is 1.60. The van der Waals surface area contributed by atoms with Crippen molar-refractivity contribution in [2.45, 2.75) is 52.5 Å². The van der Waals surface area contributed by atoms with Crippen LogP contribution < -0.4 is 5.32 Å². The first-order chi connectivity index (χ1) is 11.4. The summed E-state index contributed by atoms with van der Waals surface area (Å²) in [5.74, 6) is 0.226. The minimum atomic E-state index is -0.180. The highest BCUT2D eigenvalue weighted by Gasteiger charge is 2.34. The fourth-order valence-electron chi connectivity index (χ4n) is 3.29. The molecule has 3 unspecified atom stereocenters. The molecular weight excluding hydrogens is 308 g/mol. The molecular formula is C17H30N4O3. The second-order valence-electron chi connectivity index (χ2n) is 6.87. The third-order valence-electron chi connectivity index (χ3n) is 4.17. The van der Waals surface area contributed by atoms with Gasteiger partial charge >= 0.3 is 0 Å². The average Bonchev–Trinajstić information content (AvgIpc) is 2.91. The number of methoxy groups -OCH3 is 1. The molecule has 0 bridgehead atoms. The first-order valence-corrected chi connectivity index (χ1v) is 8.62. The molecule has 1 amide bonds. The van der Waals surface area contributed by atoms with Crippen molar-refractivity contribution in [3.05, 3.63) is 12.4 Å². The largest absolute Gasteiger partial charge is 0.383 e. The van der Waals surface area contributed by atoms with E-state index in [-0.39, 0.29) is 30.1 Å². The Hall–Kier alpha value is -1.44. The lowest BCUT2D eigenvalue weighted by molar-refractivity contribution is -0.130. The third kappa shape index (κ3) is 5.03. The maximum atomic E-state index is 12.8. The van der Waals surface area contributed by atoms with Crippen LogP contribution in [0.2, 0.25) is 0 Å². The van der Waals surface area contributed by atoms with Crippen LogP contribution in [0, 0.1) is 5.92 Å².